The molecule has 2 aromatic heterocycles. The van der Waals surface area contributed by atoms with Gasteiger partial charge in [-0.05, 0) is 100 Å². The highest BCUT2D eigenvalue weighted by Crippen LogP contribution is 2.36. The van der Waals surface area contributed by atoms with Gasteiger partial charge in [0, 0.05) is 45.4 Å². The third kappa shape index (κ3) is 5.03. The van der Waals surface area contributed by atoms with Gasteiger partial charge < -0.3 is 4.57 Å². The number of amidine groups is 1. The minimum Gasteiger partial charge on any atom is -0.309 e. The summed E-state index contributed by atoms with van der Waals surface area (Å²) in [6.07, 6.45) is 5.50. The number of hydrogen-bond donors (Lipinski definition) is 0. The fourth-order valence-corrected chi connectivity index (χ4v) is 7.95. The number of hydrogen-bond acceptors (Lipinski definition) is 3. The number of allylic oxidation sites excluding steroid dienone is 1. The van der Waals surface area contributed by atoms with E-state index in [1.165, 1.54) is 54.3 Å². The van der Waals surface area contributed by atoms with Crippen LogP contribution in [0.25, 0.3) is 65.5 Å². The lowest BCUT2D eigenvalue weighted by Crippen LogP contribution is -2.10. The fraction of sp³-hybridized carbons (Fsp3) is 0.0625. The molecule has 0 spiro atoms. The Balaban J connectivity index is 1.19. The quantitative estimate of drug-likeness (QED) is 0.172. The van der Waals surface area contributed by atoms with Crippen molar-refractivity contribution in [2.45, 2.75) is 19.8 Å². The van der Waals surface area contributed by atoms with Crippen molar-refractivity contribution in [1.29, 1.82) is 0 Å². The molecule has 0 bridgehead atoms. The summed E-state index contributed by atoms with van der Waals surface area (Å²) in [5.41, 5.74) is 10.0. The molecule has 0 aliphatic carbocycles. The first-order valence-electron chi connectivity index (χ1n) is 17.9. The number of para-hydroxylation sites is 2. The number of benzene rings is 7. The minimum absolute atomic E-state index is 0.723. The number of nitrogens with zero attached hydrogens (tertiary/aromatic N) is 4. The number of pyridine rings is 1. The summed E-state index contributed by atoms with van der Waals surface area (Å²) in [7, 11) is 0. The van der Waals surface area contributed by atoms with Crippen LogP contribution in [0.15, 0.2) is 180 Å². The zero-order valence-electron chi connectivity index (χ0n) is 28.8. The van der Waals surface area contributed by atoms with E-state index < -0.39 is 0 Å². The maximum Gasteiger partial charge on any atom is 0.160 e. The topological polar surface area (TPSA) is 42.5 Å². The molecule has 1 aliphatic heterocycles. The van der Waals surface area contributed by atoms with Crippen molar-refractivity contribution < 1.29 is 0 Å². The molecule has 7 aromatic carbocycles. The molecular weight excluding hydrogens is 633 g/mol. The molecule has 0 saturated carbocycles. The average Bonchev–Trinajstić information content (AvgIpc) is 3.53. The highest BCUT2D eigenvalue weighted by Gasteiger charge is 2.19. The van der Waals surface area contributed by atoms with Crippen molar-refractivity contribution in [3.05, 3.63) is 186 Å². The van der Waals surface area contributed by atoms with E-state index in [0.717, 1.165) is 57.8 Å². The number of fused-ring (bicyclic) bond motifs is 8. The molecule has 0 saturated heterocycles. The first-order valence-corrected chi connectivity index (χ1v) is 17.9. The Labute approximate surface area is 301 Å². The molecule has 0 N–H and O–H groups in total. The number of aliphatic imine (C=N–C) groups is 2. The SMILES string of the molecule is C\C1=C(c2ccccc2)/N=C(c2ccc3ccc4ccc5cnccc5c4c3c2)\N=C(\c2ccc3c(c2)c2ccccc2n3-c2ccccc2)CC1. The van der Waals surface area contributed by atoms with Crippen LogP contribution in [0.2, 0.25) is 0 Å². The van der Waals surface area contributed by atoms with Crippen LogP contribution in [0.3, 0.4) is 0 Å². The van der Waals surface area contributed by atoms with Gasteiger partial charge in [0.05, 0.1) is 22.4 Å². The second kappa shape index (κ2) is 12.3. The average molecular weight is 667 g/mol. The third-order valence-corrected chi connectivity index (χ3v) is 10.5. The van der Waals surface area contributed by atoms with Gasteiger partial charge >= 0.3 is 0 Å². The maximum atomic E-state index is 5.50. The first-order chi connectivity index (χ1) is 25.7. The molecular formula is C48H34N4. The highest BCUT2D eigenvalue weighted by molar-refractivity contribution is 6.22. The van der Waals surface area contributed by atoms with Crippen LogP contribution >= 0.6 is 0 Å². The Morgan fingerprint density at radius 3 is 2.06 bits per heavy atom. The van der Waals surface area contributed by atoms with Gasteiger partial charge in [-0.25, -0.2) is 9.98 Å². The monoisotopic (exact) mass is 666 g/mol. The minimum atomic E-state index is 0.723. The van der Waals surface area contributed by atoms with Crippen LogP contribution in [0.4, 0.5) is 0 Å². The van der Waals surface area contributed by atoms with E-state index in [2.05, 4.69) is 168 Å². The van der Waals surface area contributed by atoms with Crippen molar-refractivity contribution >= 4 is 71.4 Å². The van der Waals surface area contributed by atoms with Crippen LogP contribution in [0.5, 0.6) is 0 Å². The second-order valence-electron chi connectivity index (χ2n) is 13.7. The zero-order valence-corrected chi connectivity index (χ0v) is 28.8. The molecule has 0 amide bonds. The normalized spacial score (nSPS) is 17.2. The summed E-state index contributed by atoms with van der Waals surface area (Å²) in [6, 6.07) is 54.2. The lowest BCUT2D eigenvalue weighted by atomic mass is 9.95. The Kier molecular flexibility index (Phi) is 7.14. The van der Waals surface area contributed by atoms with Crippen LogP contribution in [0, 0.1) is 0 Å². The summed E-state index contributed by atoms with van der Waals surface area (Å²) in [5, 5.41) is 9.58. The molecule has 0 fully saturated rings. The molecule has 0 radical (unpaired) electrons. The van der Waals surface area contributed by atoms with Crippen molar-refractivity contribution in [3.8, 4) is 5.69 Å². The van der Waals surface area contributed by atoms with Crippen LogP contribution in [-0.2, 0) is 0 Å². The fourth-order valence-electron chi connectivity index (χ4n) is 7.95. The van der Waals surface area contributed by atoms with Crippen molar-refractivity contribution in [1.82, 2.24) is 9.55 Å². The molecule has 4 nitrogen and oxygen atoms in total. The van der Waals surface area contributed by atoms with Gasteiger partial charge in [-0.2, -0.15) is 0 Å². The van der Waals surface area contributed by atoms with Gasteiger partial charge in [0.2, 0.25) is 0 Å². The van der Waals surface area contributed by atoms with Gasteiger partial charge in [0.15, 0.2) is 5.84 Å². The zero-order chi connectivity index (χ0) is 34.6. The van der Waals surface area contributed by atoms with Gasteiger partial charge in [0.1, 0.15) is 0 Å². The molecule has 3 heterocycles. The number of aromatic nitrogens is 2. The van der Waals surface area contributed by atoms with Gasteiger partial charge in [-0.3, -0.25) is 4.98 Å². The molecule has 0 atom stereocenters. The molecule has 4 heteroatoms. The standard InChI is InChI=1S/C48H34N4/c1-31-16-24-43(35-23-25-45-42(28-35)40-14-8-9-15-44(40)52(45)38-12-6-3-7-13-38)50-48(51-47(31)34-10-4-2-5-11-34)36-21-18-32-17-19-33-20-22-37-30-49-27-26-39(37)46(33)41(32)29-36/h2-15,17-23,25-30H,16,24H2,1H3/b47-31+,50-43+,51-48-. The summed E-state index contributed by atoms with van der Waals surface area (Å²) < 4.78 is 2.36. The van der Waals surface area contributed by atoms with E-state index in [1.54, 1.807) is 0 Å². The largest absolute Gasteiger partial charge is 0.309 e. The van der Waals surface area contributed by atoms with Crippen molar-refractivity contribution in [2.75, 3.05) is 0 Å². The summed E-state index contributed by atoms with van der Waals surface area (Å²) in [5.74, 6) is 0.723. The Morgan fingerprint density at radius 2 is 1.19 bits per heavy atom. The predicted molar refractivity (Wildman–Crippen MR) is 219 cm³/mol. The Hall–Kier alpha value is -6.65. The third-order valence-electron chi connectivity index (χ3n) is 10.5. The Bertz CT molecular complexity index is 2940. The van der Waals surface area contributed by atoms with Crippen molar-refractivity contribution in [2.24, 2.45) is 9.98 Å². The smallest absolute Gasteiger partial charge is 0.160 e. The molecule has 1 aliphatic rings. The van der Waals surface area contributed by atoms with E-state index in [-0.39, 0.29) is 0 Å². The van der Waals surface area contributed by atoms with E-state index in [9.17, 15) is 0 Å². The summed E-state index contributed by atoms with van der Waals surface area (Å²) in [4.78, 5) is 15.3. The van der Waals surface area contributed by atoms with Crippen LogP contribution < -0.4 is 0 Å². The molecule has 0 unspecified atom stereocenters. The van der Waals surface area contributed by atoms with E-state index >= 15 is 0 Å². The first kappa shape index (κ1) is 30.2. The van der Waals surface area contributed by atoms with Crippen LogP contribution in [-0.4, -0.2) is 21.1 Å². The lowest BCUT2D eigenvalue weighted by Gasteiger charge is -2.17. The molecule has 52 heavy (non-hydrogen) atoms. The van der Waals surface area contributed by atoms with E-state index in [0.29, 0.717) is 0 Å². The molecule has 9 aromatic rings. The highest BCUT2D eigenvalue weighted by atomic mass is 15.0. The van der Waals surface area contributed by atoms with Gasteiger partial charge in [0.25, 0.3) is 0 Å². The van der Waals surface area contributed by atoms with Crippen LogP contribution in [0.1, 0.15) is 36.5 Å². The van der Waals surface area contributed by atoms with E-state index in [1.807, 2.05) is 12.4 Å². The van der Waals surface area contributed by atoms with Gasteiger partial charge in [-0.1, -0.05) is 109 Å². The van der Waals surface area contributed by atoms with E-state index in [4.69, 9.17) is 9.98 Å². The second-order valence-corrected chi connectivity index (χ2v) is 13.7. The molecule has 10 rings (SSSR count). The maximum absolute atomic E-state index is 5.50. The molecule has 246 valence electrons. The predicted octanol–water partition coefficient (Wildman–Crippen LogP) is 12.1. The summed E-state index contributed by atoms with van der Waals surface area (Å²) >= 11 is 0. The summed E-state index contributed by atoms with van der Waals surface area (Å²) in [6.45, 7) is 2.22. The lowest BCUT2D eigenvalue weighted by molar-refractivity contribution is 1.00. The van der Waals surface area contributed by atoms with Crippen molar-refractivity contribution in [3.63, 3.8) is 0 Å². The van der Waals surface area contributed by atoms with Gasteiger partial charge in [-0.15, -0.1) is 0 Å². The Morgan fingerprint density at radius 1 is 0.500 bits per heavy atom. The number of rotatable bonds is 4.